The second-order valence-corrected chi connectivity index (χ2v) is 3.77. The zero-order chi connectivity index (χ0) is 12.1. The Morgan fingerprint density at radius 2 is 2.18 bits per heavy atom. The fourth-order valence-corrected chi connectivity index (χ4v) is 1.68. The van der Waals surface area contributed by atoms with E-state index >= 15 is 0 Å². The predicted octanol–water partition coefficient (Wildman–Crippen LogP) is 1.55. The first-order valence-corrected chi connectivity index (χ1v) is 5.58. The summed E-state index contributed by atoms with van der Waals surface area (Å²) < 4.78 is 1.75. The molecule has 0 fully saturated rings. The van der Waals surface area contributed by atoms with Crippen molar-refractivity contribution >= 4 is 0 Å². The summed E-state index contributed by atoms with van der Waals surface area (Å²) in [5, 5.41) is 20.6. The highest BCUT2D eigenvalue weighted by Gasteiger charge is 2.07. The average Bonchev–Trinajstić information content (AvgIpc) is 2.78. The Morgan fingerprint density at radius 1 is 1.35 bits per heavy atom. The van der Waals surface area contributed by atoms with Crippen LogP contribution in [0.25, 0.3) is 0 Å². The van der Waals surface area contributed by atoms with Crippen molar-refractivity contribution in [3.8, 4) is 6.07 Å². The highest BCUT2D eigenvalue weighted by Crippen LogP contribution is 2.10. The molecule has 0 N–H and O–H groups in total. The molecule has 17 heavy (non-hydrogen) atoms. The van der Waals surface area contributed by atoms with Crippen LogP contribution in [0.5, 0.6) is 0 Å². The Bertz CT molecular complexity index is 538. The van der Waals surface area contributed by atoms with E-state index in [1.165, 1.54) is 0 Å². The number of aryl methyl sites for hydroxylation is 1. The molecule has 0 spiro atoms. The van der Waals surface area contributed by atoms with Gasteiger partial charge >= 0.3 is 0 Å². The van der Waals surface area contributed by atoms with Crippen LogP contribution in [0.4, 0.5) is 0 Å². The van der Waals surface area contributed by atoms with Crippen LogP contribution in [0.3, 0.4) is 0 Å². The number of hydrogen-bond donors (Lipinski definition) is 0. The number of rotatable bonds is 4. The molecular formula is C12H13N5. The summed E-state index contributed by atoms with van der Waals surface area (Å²) in [6.45, 7) is 2.63. The minimum atomic E-state index is 0.548. The summed E-state index contributed by atoms with van der Waals surface area (Å²) in [6, 6.07) is 9.68. The van der Waals surface area contributed by atoms with E-state index in [1.54, 1.807) is 10.7 Å². The van der Waals surface area contributed by atoms with E-state index in [-0.39, 0.29) is 0 Å². The van der Waals surface area contributed by atoms with E-state index in [0.717, 1.165) is 24.2 Å². The van der Waals surface area contributed by atoms with Gasteiger partial charge in [0.1, 0.15) is 0 Å². The lowest BCUT2D eigenvalue weighted by atomic mass is 10.1. The van der Waals surface area contributed by atoms with Gasteiger partial charge in [0.05, 0.1) is 18.2 Å². The van der Waals surface area contributed by atoms with Crippen molar-refractivity contribution in [2.75, 3.05) is 0 Å². The molecule has 1 heterocycles. The third kappa shape index (κ3) is 2.48. The van der Waals surface area contributed by atoms with Crippen LogP contribution < -0.4 is 0 Å². The predicted molar refractivity (Wildman–Crippen MR) is 62.1 cm³/mol. The lowest BCUT2D eigenvalue weighted by molar-refractivity contribution is 0.612. The maximum atomic E-state index is 9.01. The SMILES string of the molecule is CCCc1nnnn1Cc1ccccc1C#N. The summed E-state index contributed by atoms with van der Waals surface area (Å²) in [5.74, 6) is 0.861. The van der Waals surface area contributed by atoms with Gasteiger partial charge in [-0.2, -0.15) is 5.26 Å². The van der Waals surface area contributed by atoms with E-state index in [0.29, 0.717) is 12.1 Å². The van der Waals surface area contributed by atoms with Crippen molar-refractivity contribution in [1.29, 1.82) is 5.26 Å². The van der Waals surface area contributed by atoms with E-state index < -0.39 is 0 Å². The van der Waals surface area contributed by atoms with Gasteiger partial charge in [0, 0.05) is 6.42 Å². The molecule has 0 aliphatic heterocycles. The first-order valence-electron chi connectivity index (χ1n) is 5.58. The van der Waals surface area contributed by atoms with Crippen LogP contribution >= 0.6 is 0 Å². The Balaban J connectivity index is 2.26. The summed E-state index contributed by atoms with van der Waals surface area (Å²) in [6.07, 6.45) is 1.85. The van der Waals surface area contributed by atoms with E-state index in [1.807, 2.05) is 18.2 Å². The minimum absolute atomic E-state index is 0.548. The van der Waals surface area contributed by atoms with Gasteiger partial charge in [0.2, 0.25) is 0 Å². The van der Waals surface area contributed by atoms with Crippen LogP contribution in [-0.4, -0.2) is 20.2 Å². The van der Waals surface area contributed by atoms with Crippen LogP contribution in [0, 0.1) is 11.3 Å². The first-order chi connectivity index (χ1) is 8.35. The fraction of sp³-hybridized carbons (Fsp3) is 0.333. The quantitative estimate of drug-likeness (QED) is 0.794. The van der Waals surface area contributed by atoms with Crippen LogP contribution in [-0.2, 0) is 13.0 Å². The fourth-order valence-electron chi connectivity index (χ4n) is 1.68. The largest absolute Gasteiger partial charge is 0.225 e. The molecule has 0 bridgehead atoms. The van der Waals surface area contributed by atoms with Gasteiger partial charge in [-0.15, -0.1) is 5.10 Å². The first kappa shape index (κ1) is 11.3. The number of benzene rings is 1. The molecule has 0 saturated carbocycles. The Kier molecular flexibility index (Phi) is 3.46. The monoisotopic (exact) mass is 227 g/mol. The van der Waals surface area contributed by atoms with Gasteiger partial charge in [0.15, 0.2) is 5.82 Å². The standard InChI is InChI=1S/C12H13N5/c1-2-5-12-14-15-16-17(12)9-11-7-4-3-6-10(11)8-13/h3-4,6-7H,2,5,9H2,1H3. The van der Waals surface area contributed by atoms with Crippen molar-refractivity contribution in [2.45, 2.75) is 26.3 Å². The third-order valence-corrected chi connectivity index (χ3v) is 2.54. The van der Waals surface area contributed by atoms with E-state index in [9.17, 15) is 0 Å². The van der Waals surface area contributed by atoms with Crippen molar-refractivity contribution in [1.82, 2.24) is 20.2 Å². The number of aromatic nitrogens is 4. The van der Waals surface area contributed by atoms with Gasteiger partial charge in [-0.25, -0.2) is 4.68 Å². The average molecular weight is 227 g/mol. The van der Waals surface area contributed by atoms with Crippen molar-refractivity contribution < 1.29 is 0 Å². The van der Waals surface area contributed by atoms with E-state index in [4.69, 9.17) is 5.26 Å². The second-order valence-electron chi connectivity index (χ2n) is 3.77. The minimum Gasteiger partial charge on any atom is -0.225 e. The molecule has 0 amide bonds. The van der Waals surface area contributed by atoms with Gasteiger partial charge in [-0.05, 0) is 28.5 Å². The molecule has 0 radical (unpaired) electrons. The van der Waals surface area contributed by atoms with Crippen LogP contribution in [0.15, 0.2) is 24.3 Å². The number of tetrazole rings is 1. The molecule has 0 atom stereocenters. The van der Waals surface area contributed by atoms with Gasteiger partial charge in [-0.3, -0.25) is 0 Å². The van der Waals surface area contributed by atoms with Crippen molar-refractivity contribution in [3.05, 3.63) is 41.2 Å². The Labute approximate surface area is 99.7 Å². The Hall–Kier alpha value is -2.22. The molecule has 1 aromatic carbocycles. The van der Waals surface area contributed by atoms with Crippen LogP contribution in [0.2, 0.25) is 0 Å². The van der Waals surface area contributed by atoms with Gasteiger partial charge < -0.3 is 0 Å². The van der Waals surface area contributed by atoms with Crippen molar-refractivity contribution in [2.24, 2.45) is 0 Å². The lowest BCUT2D eigenvalue weighted by Crippen LogP contribution is -2.08. The molecule has 2 rings (SSSR count). The molecule has 0 saturated heterocycles. The van der Waals surface area contributed by atoms with Crippen LogP contribution in [0.1, 0.15) is 30.3 Å². The highest BCUT2D eigenvalue weighted by atomic mass is 15.5. The van der Waals surface area contributed by atoms with Gasteiger partial charge in [-0.1, -0.05) is 25.1 Å². The van der Waals surface area contributed by atoms with E-state index in [2.05, 4.69) is 28.5 Å². The zero-order valence-corrected chi connectivity index (χ0v) is 9.67. The second kappa shape index (κ2) is 5.21. The molecule has 5 nitrogen and oxygen atoms in total. The Morgan fingerprint density at radius 3 is 2.94 bits per heavy atom. The highest BCUT2D eigenvalue weighted by molar-refractivity contribution is 5.37. The number of nitriles is 1. The summed E-state index contributed by atoms with van der Waals surface area (Å²) in [5.41, 5.74) is 1.62. The third-order valence-electron chi connectivity index (χ3n) is 2.54. The molecule has 0 aliphatic rings. The number of nitrogens with zero attached hydrogens (tertiary/aromatic N) is 5. The zero-order valence-electron chi connectivity index (χ0n) is 9.67. The summed E-state index contributed by atoms with van der Waals surface area (Å²) in [4.78, 5) is 0. The topological polar surface area (TPSA) is 67.4 Å². The molecule has 0 aliphatic carbocycles. The maximum Gasteiger partial charge on any atom is 0.151 e. The molecule has 5 heteroatoms. The normalized spacial score (nSPS) is 10.1. The van der Waals surface area contributed by atoms with Gasteiger partial charge in [0.25, 0.3) is 0 Å². The summed E-state index contributed by atoms with van der Waals surface area (Å²) in [7, 11) is 0. The maximum absolute atomic E-state index is 9.01. The molecular weight excluding hydrogens is 214 g/mol. The molecule has 86 valence electrons. The lowest BCUT2D eigenvalue weighted by Gasteiger charge is -2.05. The number of hydrogen-bond acceptors (Lipinski definition) is 4. The summed E-state index contributed by atoms with van der Waals surface area (Å²) >= 11 is 0. The molecule has 1 aromatic heterocycles. The van der Waals surface area contributed by atoms with Crippen molar-refractivity contribution in [3.63, 3.8) is 0 Å². The molecule has 2 aromatic rings. The molecule has 0 unspecified atom stereocenters. The smallest absolute Gasteiger partial charge is 0.151 e.